The monoisotopic (exact) mass is 235 g/mol. The van der Waals surface area contributed by atoms with Gasteiger partial charge in [0.15, 0.2) is 0 Å². The van der Waals surface area contributed by atoms with Crippen molar-refractivity contribution in [2.75, 3.05) is 0 Å². The fourth-order valence-electron chi connectivity index (χ4n) is 1.56. The molecule has 0 radical (unpaired) electrons. The van der Waals surface area contributed by atoms with Crippen LogP contribution in [0.2, 0.25) is 0 Å². The molecule has 0 aromatic heterocycles. The molecule has 0 bridgehead atoms. The molecule has 94 valence electrons. The molecular formula is C12H20F3N. The van der Waals surface area contributed by atoms with Gasteiger partial charge < -0.3 is 5.32 Å². The van der Waals surface area contributed by atoms with Gasteiger partial charge in [-0.2, -0.15) is 13.2 Å². The maximum atomic E-state index is 11.9. The van der Waals surface area contributed by atoms with Crippen LogP contribution in [0.15, 0.2) is 0 Å². The van der Waals surface area contributed by atoms with Crippen LogP contribution in [-0.2, 0) is 0 Å². The Hall–Kier alpha value is -0.690. The molecule has 0 rings (SSSR count). The molecule has 0 fully saturated rings. The molecule has 4 heteroatoms. The zero-order chi connectivity index (χ0) is 12.6. The molecule has 0 saturated carbocycles. The molecule has 2 unspecified atom stereocenters. The summed E-state index contributed by atoms with van der Waals surface area (Å²) >= 11 is 0. The number of hydrogen-bond donors (Lipinski definition) is 1. The van der Waals surface area contributed by atoms with Gasteiger partial charge in [-0.25, -0.2) is 0 Å². The van der Waals surface area contributed by atoms with Gasteiger partial charge in [0.1, 0.15) is 0 Å². The van der Waals surface area contributed by atoms with E-state index in [-0.39, 0.29) is 18.5 Å². The minimum atomic E-state index is -4.04. The van der Waals surface area contributed by atoms with Gasteiger partial charge in [-0.3, -0.25) is 0 Å². The van der Waals surface area contributed by atoms with Crippen LogP contribution in [0.25, 0.3) is 0 Å². The average Bonchev–Trinajstić information content (AvgIpc) is 2.15. The zero-order valence-electron chi connectivity index (χ0n) is 9.90. The lowest BCUT2D eigenvalue weighted by Crippen LogP contribution is -2.36. The molecule has 0 heterocycles. The van der Waals surface area contributed by atoms with E-state index in [0.717, 1.165) is 6.42 Å². The van der Waals surface area contributed by atoms with Crippen molar-refractivity contribution in [2.45, 2.75) is 64.2 Å². The summed E-state index contributed by atoms with van der Waals surface area (Å²) < 4.78 is 35.7. The molecule has 0 aromatic rings. The Bertz CT molecular complexity index is 217. The third kappa shape index (κ3) is 8.60. The Morgan fingerprint density at radius 2 is 2.00 bits per heavy atom. The summed E-state index contributed by atoms with van der Waals surface area (Å²) in [6.07, 6.45) is 2.68. The van der Waals surface area contributed by atoms with Crippen LogP contribution >= 0.6 is 0 Å². The number of terminal acetylenes is 1. The maximum absolute atomic E-state index is 11.9. The first-order valence-electron chi connectivity index (χ1n) is 5.65. The van der Waals surface area contributed by atoms with Crippen molar-refractivity contribution in [3.8, 4) is 12.3 Å². The Balaban J connectivity index is 3.73. The highest BCUT2D eigenvalue weighted by Crippen LogP contribution is 2.22. The van der Waals surface area contributed by atoms with Crippen LogP contribution in [0, 0.1) is 12.3 Å². The topological polar surface area (TPSA) is 12.0 Å². The Kier molecular flexibility index (Phi) is 7.24. The molecule has 0 aliphatic heterocycles. The molecule has 0 aliphatic rings. The highest BCUT2D eigenvalue weighted by Gasteiger charge is 2.26. The fourth-order valence-corrected chi connectivity index (χ4v) is 1.56. The van der Waals surface area contributed by atoms with E-state index in [1.807, 2.05) is 13.8 Å². The van der Waals surface area contributed by atoms with E-state index in [1.54, 1.807) is 0 Å². The van der Waals surface area contributed by atoms with Gasteiger partial charge in [0.25, 0.3) is 0 Å². The summed E-state index contributed by atoms with van der Waals surface area (Å²) in [5, 5.41) is 3.24. The van der Waals surface area contributed by atoms with Crippen molar-refractivity contribution in [3.05, 3.63) is 0 Å². The SMILES string of the molecule is C#CCC(CC)NC(C)CCCC(F)(F)F. The van der Waals surface area contributed by atoms with Crippen molar-refractivity contribution >= 4 is 0 Å². The lowest BCUT2D eigenvalue weighted by Gasteiger charge is -2.20. The van der Waals surface area contributed by atoms with Crippen molar-refractivity contribution in [1.82, 2.24) is 5.32 Å². The van der Waals surface area contributed by atoms with Crippen LogP contribution in [0.1, 0.15) is 46.0 Å². The second-order valence-electron chi connectivity index (χ2n) is 4.09. The fraction of sp³-hybridized carbons (Fsp3) is 0.833. The standard InChI is InChI=1S/C12H20F3N/c1-4-7-11(5-2)16-10(3)8-6-9-12(13,14)15/h1,10-11,16H,5-9H2,2-3H3. The highest BCUT2D eigenvalue weighted by molar-refractivity contribution is 4.90. The van der Waals surface area contributed by atoms with E-state index in [9.17, 15) is 13.2 Å². The molecular weight excluding hydrogens is 215 g/mol. The Morgan fingerprint density at radius 3 is 2.44 bits per heavy atom. The quantitative estimate of drug-likeness (QED) is 0.666. The number of alkyl halides is 3. The van der Waals surface area contributed by atoms with Crippen LogP contribution in [-0.4, -0.2) is 18.3 Å². The lowest BCUT2D eigenvalue weighted by molar-refractivity contribution is -0.135. The normalized spacial score (nSPS) is 15.5. The van der Waals surface area contributed by atoms with E-state index in [1.165, 1.54) is 0 Å². The first kappa shape index (κ1) is 15.3. The van der Waals surface area contributed by atoms with Crippen molar-refractivity contribution in [3.63, 3.8) is 0 Å². The summed E-state index contributed by atoms with van der Waals surface area (Å²) in [7, 11) is 0. The predicted octanol–water partition coefficient (Wildman–Crippen LogP) is 3.50. The predicted molar refractivity (Wildman–Crippen MR) is 60.0 cm³/mol. The summed E-state index contributed by atoms with van der Waals surface area (Å²) in [4.78, 5) is 0. The number of nitrogens with one attached hydrogen (secondary N) is 1. The first-order valence-corrected chi connectivity index (χ1v) is 5.65. The van der Waals surface area contributed by atoms with Gasteiger partial charge in [0, 0.05) is 24.9 Å². The number of rotatable bonds is 7. The van der Waals surface area contributed by atoms with E-state index in [2.05, 4.69) is 11.2 Å². The Morgan fingerprint density at radius 1 is 1.38 bits per heavy atom. The summed E-state index contributed by atoms with van der Waals surface area (Å²) in [6, 6.07) is 0.298. The van der Waals surface area contributed by atoms with Gasteiger partial charge >= 0.3 is 6.18 Å². The number of hydrogen-bond acceptors (Lipinski definition) is 1. The largest absolute Gasteiger partial charge is 0.389 e. The third-order valence-electron chi connectivity index (χ3n) is 2.47. The minimum Gasteiger partial charge on any atom is -0.311 e. The molecule has 16 heavy (non-hydrogen) atoms. The molecule has 0 aliphatic carbocycles. The van der Waals surface area contributed by atoms with Crippen LogP contribution in [0.3, 0.4) is 0 Å². The van der Waals surface area contributed by atoms with Gasteiger partial charge in [0.05, 0.1) is 0 Å². The van der Waals surface area contributed by atoms with Gasteiger partial charge in [-0.1, -0.05) is 6.92 Å². The number of halogens is 3. The van der Waals surface area contributed by atoms with E-state index in [4.69, 9.17) is 6.42 Å². The summed E-state index contributed by atoms with van der Waals surface area (Å²) in [6.45, 7) is 3.91. The van der Waals surface area contributed by atoms with Crippen LogP contribution < -0.4 is 5.32 Å². The summed E-state index contributed by atoms with van der Waals surface area (Å²) in [5.74, 6) is 2.56. The van der Waals surface area contributed by atoms with Crippen molar-refractivity contribution in [2.24, 2.45) is 0 Å². The highest BCUT2D eigenvalue weighted by atomic mass is 19.4. The van der Waals surface area contributed by atoms with E-state index >= 15 is 0 Å². The van der Waals surface area contributed by atoms with Gasteiger partial charge in [-0.15, -0.1) is 12.3 Å². The van der Waals surface area contributed by atoms with Crippen molar-refractivity contribution in [1.29, 1.82) is 0 Å². The minimum absolute atomic E-state index is 0.0839. The first-order chi connectivity index (χ1) is 7.39. The molecule has 0 saturated heterocycles. The van der Waals surface area contributed by atoms with Crippen LogP contribution in [0.4, 0.5) is 13.2 Å². The maximum Gasteiger partial charge on any atom is 0.389 e. The van der Waals surface area contributed by atoms with Crippen LogP contribution in [0.5, 0.6) is 0 Å². The molecule has 1 nitrogen and oxygen atoms in total. The Labute approximate surface area is 95.8 Å². The van der Waals surface area contributed by atoms with Crippen molar-refractivity contribution < 1.29 is 13.2 Å². The average molecular weight is 235 g/mol. The second-order valence-corrected chi connectivity index (χ2v) is 4.09. The third-order valence-corrected chi connectivity index (χ3v) is 2.47. The van der Waals surface area contributed by atoms with E-state index in [0.29, 0.717) is 12.8 Å². The molecule has 2 atom stereocenters. The second kappa shape index (κ2) is 7.56. The van der Waals surface area contributed by atoms with Gasteiger partial charge in [-0.05, 0) is 26.2 Å². The molecule has 0 aromatic carbocycles. The lowest BCUT2D eigenvalue weighted by atomic mass is 10.1. The zero-order valence-corrected chi connectivity index (χ0v) is 9.90. The molecule has 1 N–H and O–H groups in total. The van der Waals surface area contributed by atoms with E-state index < -0.39 is 12.6 Å². The van der Waals surface area contributed by atoms with Gasteiger partial charge in [0.2, 0.25) is 0 Å². The molecule has 0 amide bonds. The smallest absolute Gasteiger partial charge is 0.311 e. The summed E-state index contributed by atoms with van der Waals surface area (Å²) in [5.41, 5.74) is 0. The molecule has 0 spiro atoms.